The van der Waals surface area contributed by atoms with Crippen molar-refractivity contribution in [3.63, 3.8) is 0 Å². The van der Waals surface area contributed by atoms with Gasteiger partial charge < -0.3 is 29.0 Å². The number of halogens is 1. The molecule has 2 aromatic carbocycles. The number of pyridine rings is 1. The maximum atomic E-state index is 13.6. The molecule has 1 unspecified atom stereocenters. The largest absolute Gasteiger partial charge is 1.00 e. The molecule has 0 aliphatic heterocycles. The standard InChI is InChI=1S/C25H25FNO6P.2Na/c26-19-10-8-16(9-11-19)21-13-23(17-4-2-1-3-5-17)27-25(18-6-7-18)22(21)14-33-34(31,32)15-20(28)12-24(29)30;;/h1-5,8-11,13,18,20,28H,6-7,12,14-15H2,(H,29,30)(H,31,32);;/q;2*+1/p-2/t20-;;/m1../s1. The molecule has 1 N–H and O–H groups in total. The molecule has 0 bridgehead atoms. The smallest absolute Gasteiger partial charge is 0.778 e. The quantitative estimate of drug-likeness (QED) is 0.220. The Kier molecular flexibility index (Phi) is 12.0. The van der Waals surface area contributed by atoms with Crippen LogP contribution in [-0.4, -0.2) is 28.3 Å². The fourth-order valence-corrected chi connectivity index (χ4v) is 4.89. The molecule has 1 heterocycles. The molecule has 36 heavy (non-hydrogen) atoms. The molecule has 11 heteroatoms. The van der Waals surface area contributed by atoms with Gasteiger partial charge in [0.2, 0.25) is 0 Å². The molecule has 1 aliphatic rings. The van der Waals surface area contributed by atoms with Gasteiger partial charge in [-0.15, -0.1) is 0 Å². The summed E-state index contributed by atoms with van der Waals surface area (Å²) >= 11 is 0. The van der Waals surface area contributed by atoms with Crippen LogP contribution in [-0.2, 0) is 20.5 Å². The summed E-state index contributed by atoms with van der Waals surface area (Å²) in [7, 11) is -4.57. The monoisotopic (exact) mass is 529 g/mol. The number of aromatic nitrogens is 1. The number of carbonyl (C=O) groups is 1. The number of benzene rings is 2. The SMILES string of the molecule is O=C([O-])C[C@@H](O)CP(=O)([O-])OCc1c(-c2ccc(F)cc2)cc(-c2ccccc2)nc1C1CC1.[Na+].[Na+]. The summed E-state index contributed by atoms with van der Waals surface area (Å²) in [5.41, 5.74) is 4.24. The molecule has 178 valence electrons. The minimum atomic E-state index is -4.57. The molecular formula is C25H23FNNa2O6P. The van der Waals surface area contributed by atoms with Crippen molar-refractivity contribution in [1.29, 1.82) is 0 Å². The van der Waals surface area contributed by atoms with E-state index in [1.165, 1.54) is 12.1 Å². The number of nitrogens with zero attached hydrogens (tertiary/aromatic N) is 1. The van der Waals surface area contributed by atoms with E-state index in [4.69, 9.17) is 9.51 Å². The summed E-state index contributed by atoms with van der Waals surface area (Å²) in [6, 6.07) is 17.2. The van der Waals surface area contributed by atoms with Crippen molar-refractivity contribution >= 4 is 13.6 Å². The molecular weight excluding hydrogens is 506 g/mol. The minimum Gasteiger partial charge on any atom is -0.778 e. The summed E-state index contributed by atoms with van der Waals surface area (Å²) in [4.78, 5) is 27.9. The Bertz CT molecular complexity index is 1230. The molecule has 1 saturated carbocycles. The zero-order valence-corrected chi connectivity index (χ0v) is 25.1. The third-order valence-electron chi connectivity index (χ3n) is 5.59. The summed E-state index contributed by atoms with van der Waals surface area (Å²) in [5.74, 6) is -1.80. The Balaban J connectivity index is 0.00000228. The van der Waals surface area contributed by atoms with Crippen LogP contribution in [0.5, 0.6) is 0 Å². The van der Waals surface area contributed by atoms with E-state index in [9.17, 15) is 28.9 Å². The molecule has 0 amide bonds. The van der Waals surface area contributed by atoms with Gasteiger partial charge in [-0.1, -0.05) is 42.5 Å². The number of carboxylic acids is 1. The van der Waals surface area contributed by atoms with Crippen LogP contribution in [0.4, 0.5) is 4.39 Å². The first-order valence-corrected chi connectivity index (χ1v) is 12.6. The van der Waals surface area contributed by atoms with Gasteiger partial charge in [0.05, 0.1) is 24.1 Å². The Morgan fingerprint density at radius 3 is 2.33 bits per heavy atom. The average Bonchev–Trinajstić information content (AvgIpc) is 3.63. The summed E-state index contributed by atoms with van der Waals surface area (Å²) in [6.07, 6.45) is -1.48. The second-order valence-corrected chi connectivity index (χ2v) is 10.2. The first-order chi connectivity index (χ1) is 16.2. The van der Waals surface area contributed by atoms with E-state index in [-0.39, 0.29) is 71.6 Å². The fraction of sp³-hybridized carbons (Fsp3) is 0.280. The first kappa shape index (κ1) is 31.3. The van der Waals surface area contributed by atoms with Crippen molar-refractivity contribution in [3.8, 4) is 22.4 Å². The number of hydrogen-bond donors (Lipinski definition) is 1. The van der Waals surface area contributed by atoms with Gasteiger partial charge in [0.1, 0.15) is 13.4 Å². The number of carboxylic acid groups (broad SMARTS) is 1. The molecule has 4 rings (SSSR count). The van der Waals surface area contributed by atoms with Gasteiger partial charge in [-0.3, -0.25) is 4.98 Å². The van der Waals surface area contributed by atoms with Crippen molar-refractivity contribution in [2.75, 3.05) is 6.16 Å². The fourth-order valence-electron chi connectivity index (χ4n) is 3.81. The summed E-state index contributed by atoms with van der Waals surface area (Å²) in [6.45, 7) is -0.334. The Hall–Kier alpha value is -0.900. The van der Waals surface area contributed by atoms with Gasteiger partial charge in [0.15, 0.2) is 0 Å². The van der Waals surface area contributed by atoms with E-state index in [0.29, 0.717) is 22.4 Å². The van der Waals surface area contributed by atoms with Crippen molar-refractivity contribution in [2.24, 2.45) is 0 Å². The number of aliphatic carboxylic acids is 1. The van der Waals surface area contributed by atoms with Crippen LogP contribution in [0, 0.1) is 5.82 Å². The maximum absolute atomic E-state index is 13.6. The van der Waals surface area contributed by atoms with Gasteiger partial charge in [-0.05, 0) is 42.2 Å². The van der Waals surface area contributed by atoms with Crippen molar-refractivity contribution in [2.45, 2.75) is 37.9 Å². The Morgan fingerprint density at radius 2 is 1.75 bits per heavy atom. The van der Waals surface area contributed by atoms with Gasteiger partial charge in [0.25, 0.3) is 0 Å². The maximum Gasteiger partial charge on any atom is 1.00 e. The average molecular weight is 529 g/mol. The predicted molar refractivity (Wildman–Crippen MR) is 120 cm³/mol. The van der Waals surface area contributed by atoms with E-state index in [1.807, 2.05) is 36.4 Å². The molecule has 0 radical (unpaired) electrons. The second-order valence-electron chi connectivity index (χ2n) is 8.36. The molecule has 1 fully saturated rings. The first-order valence-electron chi connectivity index (χ1n) is 10.9. The molecule has 0 spiro atoms. The topological polar surface area (TPSA) is 123 Å². The Morgan fingerprint density at radius 1 is 1.11 bits per heavy atom. The van der Waals surface area contributed by atoms with Crippen LogP contribution in [0.25, 0.3) is 22.4 Å². The van der Waals surface area contributed by atoms with E-state index in [0.717, 1.165) is 24.1 Å². The van der Waals surface area contributed by atoms with Gasteiger partial charge in [-0.2, -0.15) is 0 Å². The van der Waals surface area contributed by atoms with Crippen molar-refractivity contribution in [1.82, 2.24) is 4.98 Å². The normalized spacial score (nSPS) is 15.2. The number of carbonyl (C=O) groups excluding carboxylic acids is 1. The van der Waals surface area contributed by atoms with Crippen LogP contribution < -0.4 is 69.1 Å². The molecule has 0 saturated heterocycles. The zero-order chi connectivity index (χ0) is 24.3. The third-order valence-corrected chi connectivity index (χ3v) is 6.98. The number of aliphatic hydroxyl groups is 1. The van der Waals surface area contributed by atoms with Gasteiger partial charge >= 0.3 is 59.1 Å². The van der Waals surface area contributed by atoms with E-state index in [2.05, 4.69) is 0 Å². The summed E-state index contributed by atoms with van der Waals surface area (Å²) < 4.78 is 31.3. The van der Waals surface area contributed by atoms with E-state index < -0.39 is 38.1 Å². The molecule has 2 atom stereocenters. The summed E-state index contributed by atoms with van der Waals surface area (Å²) in [5, 5.41) is 20.3. The third kappa shape index (κ3) is 8.57. The predicted octanol–water partition coefficient (Wildman–Crippen LogP) is -2.99. The number of hydrogen-bond acceptors (Lipinski definition) is 7. The van der Waals surface area contributed by atoms with E-state index in [1.54, 1.807) is 12.1 Å². The minimum absolute atomic E-state index is 0. The molecule has 7 nitrogen and oxygen atoms in total. The van der Waals surface area contributed by atoms with Crippen molar-refractivity contribution < 1.29 is 92.5 Å². The molecule has 1 aromatic heterocycles. The zero-order valence-electron chi connectivity index (χ0n) is 20.2. The molecule has 1 aliphatic carbocycles. The van der Waals surface area contributed by atoms with Gasteiger partial charge in [-0.25, -0.2) is 4.39 Å². The van der Waals surface area contributed by atoms with Crippen LogP contribution in [0.3, 0.4) is 0 Å². The molecule has 3 aromatic rings. The van der Waals surface area contributed by atoms with Crippen LogP contribution in [0.1, 0.15) is 36.4 Å². The van der Waals surface area contributed by atoms with Crippen LogP contribution in [0.2, 0.25) is 0 Å². The van der Waals surface area contributed by atoms with Crippen LogP contribution >= 0.6 is 7.60 Å². The second kappa shape index (κ2) is 13.8. The van der Waals surface area contributed by atoms with E-state index >= 15 is 0 Å². The Labute approximate surface area is 253 Å². The van der Waals surface area contributed by atoms with Crippen molar-refractivity contribution in [3.05, 3.63) is 77.7 Å². The van der Waals surface area contributed by atoms with Gasteiger partial charge in [0, 0.05) is 35.6 Å². The van der Waals surface area contributed by atoms with Crippen LogP contribution in [0.15, 0.2) is 60.7 Å². The number of aliphatic hydroxyl groups excluding tert-OH is 1. The number of rotatable bonds is 10.